The van der Waals surface area contributed by atoms with Crippen molar-refractivity contribution in [2.75, 3.05) is 29.9 Å². The molecule has 4 rings (SSSR count). The summed E-state index contributed by atoms with van der Waals surface area (Å²) in [5.41, 5.74) is 0.0176. The first kappa shape index (κ1) is 20.8. The van der Waals surface area contributed by atoms with Crippen molar-refractivity contribution in [1.82, 2.24) is 9.97 Å². The van der Waals surface area contributed by atoms with E-state index >= 15 is 4.39 Å². The highest BCUT2D eigenvalue weighted by molar-refractivity contribution is 5.53. The van der Waals surface area contributed by atoms with Gasteiger partial charge in [0.1, 0.15) is 6.33 Å². The number of ether oxygens (including phenoxy) is 1. The largest absolute Gasteiger partial charge is 0.416 e. The third kappa shape index (κ3) is 4.50. The molecule has 162 valence electrons. The Bertz CT molecular complexity index is 853. The molecule has 1 unspecified atom stereocenters. The van der Waals surface area contributed by atoms with Gasteiger partial charge in [0.15, 0.2) is 11.6 Å². The molecule has 5 nitrogen and oxygen atoms in total. The molecule has 9 heteroatoms. The van der Waals surface area contributed by atoms with Crippen molar-refractivity contribution in [3.8, 4) is 0 Å². The highest BCUT2D eigenvalue weighted by atomic mass is 19.4. The minimum Gasteiger partial charge on any atom is -0.376 e. The van der Waals surface area contributed by atoms with Crippen LogP contribution in [0.5, 0.6) is 0 Å². The predicted octanol–water partition coefficient (Wildman–Crippen LogP) is 4.96. The van der Waals surface area contributed by atoms with Crippen LogP contribution in [-0.4, -0.2) is 35.8 Å². The number of benzene rings is 1. The second-order valence-electron chi connectivity index (χ2n) is 7.70. The Kier molecular flexibility index (Phi) is 6.08. The summed E-state index contributed by atoms with van der Waals surface area (Å²) in [6, 6.07) is 4.83. The van der Waals surface area contributed by atoms with E-state index in [-0.39, 0.29) is 23.8 Å². The molecular formula is C21H24F4N4O. The van der Waals surface area contributed by atoms with Gasteiger partial charge in [-0.05, 0) is 49.8 Å². The SMILES string of the molecule is Fc1c(NCC2CCCCO2)ncnc1N1CCC[C@@H]1c1ccc(C(F)(F)F)cc1. The fourth-order valence-corrected chi connectivity index (χ4v) is 4.12. The zero-order chi connectivity index (χ0) is 21.1. The predicted molar refractivity (Wildman–Crippen MR) is 105 cm³/mol. The van der Waals surface area contributed by atoms with Gasteiger partial charge >= 0.3 is 6.18 Å². The summed E-state index contributed by atoms with van der Waals surface area (Å²) in [5, 5.41) is 3.02. The molecule has 0 radical (unpaired) electrons. The summed E-state index contributed by atoms with van der Waals surface area (Å²) < 4.78 is 59.4. The maximum atomic E-state index is 15.2. The number of nitrogens with one attached hydrogen (secondary N) is 1. The van der Waals surface area contributed by atoms with Crippen LogP contribution in [0.15, 0.2) is 30.6 Å². The number of aromatic nitrogens is 2. The first-order valence-electron chi connectivity index (χ1n) is 10.2. The maximum Gasteiger partial charge on any atom is 0.416 e. The summed E-state index contributed by atoms with van der Waals surface area (Å²) in [6.45, 7) is 1.76. The molecule has 2 aliphatic heterocycles. The van der Waals surface area contributed by atoms with E-state index in [0.29, 0.717) is 31.7 Å². The van der Waals surface area contributed by atoms with Gasteiger partial charge in [-0.15, -0.1) is 0 Å². The lowest BCUT2D eigenvalue weighted by atomic mass is 10.0. The highest BCUT2D eigenvalue weighted by Crippen LogP contribution is 2.38. The van der Waals surface area contributed by atoms with Crippen molar-refractivity contribution < 1.29 is 22.3 Å². The number of hydrogen-bond acceptors (Lipinski definition) is 5. The second kappa shape index (κ2) is 8.75. The van der Waals surface area contributed by atoms with Gasteiger partial charge in [-0.25, -0.2) is 9.97 Å². The molecule has 2 saturated heterocycles. The first-order valence-corrected chi connectivity index (χ1v) is 10.2. The topological polar surface area (TPSA) is 50.3 Å². The molecule has 3 heterocycles. The molecule has 0 saturated carbocycles. The molecule has 1 N–H and O–H groups in total. The molecule has 2 aromatic rings. The van der Waals surface area contributed by atoms with E-state index in [2.05, 4.69) is 15.3 Å². The number of anilines is 2. The fourth-order valence-electron chi connectivity index (χ4n) is 4.12. The van der Waals surface area contributed by atoms with Crippen molar-refractivity contribution in [1.29, 1.82) is 0 Å². The van der Waals surface area contributed by atoms with E-state index < -0.39 is 17.6 Å². The van der Waals surface area contributed by atoms with Crippen LogP contribution >= 0.6 is 0 Å². The zero-order valence-corrected chi connectivity index (χ0v) is 16.5. The Labute approximate surface area is 172 Å². The quantitative estimate of drug-likeness (QED) is 0.688. The number of halogens is 4. The molecule has 0 bridgehead atoms. The van der Waals surface area contributed by atoms with Crippen molar-refractivity contribution in [3.05, 3.63) is 47.5 Å². The van der Waals surface area contributed by atoms with Gasteiger partial charge in [0, 0.05) is 19.7 Å². The lowest BCUT2D eigenvalue weighted by molar-refractivity contribution is -0.137. The molecular weight excluding hydrogens is 400 g/mol. The highest BCUT2D eigenvalue weighted by Gasteiger charge is 2.33. The summed E-state index contributed by atoms with van der Waals surface area (Å²) in [6.07, 6.45) is 1.54. The molecule has 0 amide bonds. The van der Waals surface area contributed by atoms with Gasteiger partial charge in [0.25, 0.3) is 0 Å². The van der Waals surface area contributed by atoms with Crippen LogP contribution in [0.25, 0.3) is 0 Å². The molecule has 2 atom stereocenters. The standard InChI is InChI=1S/C21H24F4N4O/c22-18-19(26-12-16-4-1-2-11-30-16)27-13-28-20(18)29-10-3-5-17(29)14-6-8-15(9-7-14)21(23,24)25/h6-9,13,16-17H,1-5,10-12H2,(H,26,27,28)/t16?,17-/m1/s1. The summed E-state index contributed by atoms with van der Waals surface area (Å²) in [5.74, 6) is -0.265. The van der Waals surface area contributed by atoms with Crippen LogP contribution in [0.4, 0.5) is 29.2 Å². The average Bonchev–Trinajstić information content (AvgIpc) is 3.23. The minimum absolute atomic E-state index is 0.0308. The van der Waals surface area contributed by atoms with Gasteiger partial charge in [-0.1, -0.05) is 12.1 Å². The van der Waals surface area contributed by atoms with Crippen LogP contribution in [-0.2, 0) is 10.9 Å². The first-order chi connectivity index (χ1) is 14.4. The third-order valence-electron chi connectivity index (χ3n) is 5.69. The molecule has 0 spiro atoms. The second-order valence-corrected chi connectivity index (χ2v) is 7.70. The van der Waals surface area contributed by atoms with E-state index in [1.54, 1.807) is 0 Å². The van der Waals surface area contributed by atoms with Gasteiger partial charge in [-0.3, -0.25) is 0 Å². The van der Waals surface area contributed by atoms with Crippen LogP contribution in [0, 0.1) is 5.82 Å². The van der Waals surface area contributed by atoms with Crippen molar-refractivity contribution >= 4 is 11.6 Å². The minimum atomic E-state index is -4.38. The molecule has 2 fully saturated rings. The van der Waals surface area contributed by atoms with Crippen molar-refractivity contribution in [2.24, 2.45) is 0 Å². The van der Waals surface area contributed by atoms with E-state index in [1.165, 1.54) is 18.5 Å². The van der Waals surface area contributed by atoms with E-state index in [9.17, 15) is 13.2 Å². The lowest BCUT2D eigenvalue weighted by Gasteiger charge is -2.27. The van der Waals surface area contributed by atoms with Gasteiger partial charge in [0.2, 0.25) is 5.82 Å². The third-order valence-corrected chi connectivity index (χ3v) is 5.69. The smallest absolute Gasteiger partial charge is 0.376 e. The van der Waals surface area contributed by atoms with Crippen LogP contribution in [0.2, 0.25) is 0 Å². The average molecular weight is 424 g/mol. The Hall–Kier alpha value is -2.42. The monoisotopic (exact) mass is 424 g/mol. The summed E-state index contributed by atoms with van der Waals surface area (Å²) >= 11 is 0. The van der Waals surface area contributed by atoms with Crippen LogP contribution < -0.4 is 10.2 Å². The number of alkyl halides is 3. The van der Waals surface area contributed by atoms with E-state index in [0.717, 1.165) is 37.8 Å². The lowest BCUT2D eigenvalue weighted by Crippen LogP contribution is -2.28. The van der Waals surface area contributed by atoms with Crippen LogP contribution in [0.3, 0.4) is 0 Å². The summed E-state index contributed by atoms with van der Waals surface area (Å²) in [7, 11) is 0. The number of rotatable bonds is 5. The summed E-state index contributed by atoms with van der Waals surface area (Å²) in [4.78, 5) is 9.97. The maximum absolute atomic E-state index is 15.2. The Morgan fingerprint density at radius 1 is 1.07 bits per heavy atom. The molecule has 1 aromatic carbocycles. The molecule has 0 aliphatic carbocycles. The van der Waals surface area contributed by atoms with Crippen molar-refractivity contribution in [2.45, 2.75) is 50.4 Å². The van der Waals surface area contributed by atoms with Gasteiger partial charge in [-0.2, -0.15) is 17.6 Å². The molecule has 1 aromatic heterocycles. The Balaban J connectivity index is 1.51. The van der Waals surface area contributed by atoms with Gasteiger partial charge < -0.3 is 15.0 Å². The molecule has 30 heavy (non-hydrogen) atoms. The van der Waals surface area contributed by atoms with E-state index in [1.807, 2.05) is 4.90 Å². The number of hydrogen-bond donors (Lipinski definition) is 1. The van der Waals surface area contributed by atoms with Crippen LogP contribution in [0.1, 0.15) is 49.3 Å². The molecule has 2 aliphatic rings. The number of nitrogens with zero attached hydrogens (tertiary/aromatic N) is 3. The Morgan fingerprint density at radius 2 is 1.87 bits per heavy atom. The van der Waals surface area contributed by atoms with Crippen molar-refractivity contribution in [3.63, 3.8) is 0 Å². The van der Waals surface area contributed by atoms with E-state index in [4.69, 9.17) is 4.74 Å². The fraction of sp³-hybridized carbons (Fsp3) is 0.524. The zero-order valence-electron chi connectivity index (χ0n) is 16.5. The van der Waals surface area contributed by atoms with Gasteiger partial charge in [0.05, 0.1) is 17.7 Å². The normalized spacial score (nSPS) is 22.3. The Morgan fingerprint density at radius 3 is 2.57 bits per heavy atom.